The number of amides is 3. The molecule has 0 aliphatic carbocycles. The minimum absolute atomic E-state index is 0.000124. The number of rotatable bonds is 5. The standard InChI is InChI=1S/C11H18N2O5/c1-8(14)13(9(2)15)12(3)10(16)6-4-5-7-11(17)18/h4-7H2,1-3H3,(H,17,18). The summed E-state index contributed by atoms with van der Waals surface area (Å²) < 4.78 is 0. The zero-order valence-electron chi connectivity index (χ0n) is 10.8. The lowest BCUT2D eigenvalue weighted by molar-refractivity contribution is -0.168. The minimum atomic E-state index is -0.912. The van der Waals surface area contributed by atoms with Crippen molar-refractivity contribution >= 4 is 23.7 Å². The SMILES string of the molecule is CC(=O)N(C(C)=O)N(C)C(=O)CCCCC(=O)O. The minimum Gasteiger partial charge on any atom is -0.481 e. The van der Waals surface area contributed by atoms with Crippen LogP contribution in [0.4, 0.5) is 0 Å². The van der Waals surface area contributed by atoms with Crippen molar-refractivity contribution in [3.63, 3.8) is 0 Å². The highest BCUT2D eigenvalue weighted by Crippen LogP contribution is 2.05. The van der Waals surface area contributed by atoms with Gasteiger partial charge in [0.1, 0.15) is 0 Å². The van der Waals surface area contributed by atoms with E-state index in [1.165, 1.54) is 20.9 Å². The van der Waals surface area contributed by atoms with Crippen molar-refractivity contribution in [1.82, 2.24) is 10.0 Å². The topological polar surface area (TPSA) is 95.0 Å². The fourth-order valence-electron chi connectivity index (χ4n) is 1.47. The lowest BCUT2D eigenvalue weighted by Crippen LogP contribution is -2.49. The normalized spacial score (nSPS) is 9.72. The van der Waals surface area contributed by atoms with Crippen molar-refractivity contribution in [2.75, 3.05) is 7.05 Å². The Balaban J connectivity index is 4.27. The Kier molecular flexibility index (Phi) is 6.62. The fourth-order valence-corrected chi connectivity index (χ4v) is 1.47. The second kappa shape index (κ2) is 7.41. The van der Waals surface area contributed by atoms with Crippen LogP contribution in [0, 0.1) is 0 Å². The number of carboxylic acid groups (broad SMARTS) is 1. The molecule has 0 aliphatic rings. The maximum absolute atomic E-state index is 11.7. The molecule has 0 unspecified atom stereocenters. The number of carbonyl (C=O) groups is 4. The molecule has 0 rings (SSSR count). The number of unbranched alkanes of at least 4 members (excludes halogenated alkanes) is 1. The Hall–Kier alpha value is -1.92. The van der Waals surface area contributed by atoms with E-state index in [1.54, 1.807) is 0 Å². The highest BCUT2D eigenvalue weighted by Gasteiger charge is 2.23. The summed E-state index contributed by atoms with van der Waals surface area (Å²) in [6.45, 7) is 2.38. The first-order valence-corrected chi connectivity index (χ1v) is 5.57. The van der Waals surface area contributed by atoms with E-state index >= 15 is 0 Å². The van der Waals surface area contributed by atoms with Crippen LogP contribution in [0.5, 0.6) is 0 Å². The van der Waals surface area contributed by atoms with Crippen molar-refractivity contribution in [1.29, 1.82) is 0 Å². The molecule has 7 heteroatoms. The van der Waals surface area contributed by atoms with Gasteiger partial charge in [0.05, 0.1) is 0 Å². The van der Waals surface area contributed by atoms with Crippen molar-refractivity contribution in [3.8, 4) is 0 Å². The van der Waals surface area contributed by atoms with Gasteiger partial charge in [0.15, 0.2) is 0 Å². The third-order valence-corrected chi connectivity index (χ3v) is 2.29. The summed E-state index contributed by atoms with van der Waals surface area (Å²) >= 11 is 0. The van der Waals surface area contributed by atoms with E-state index in [0.717, 1.165) is 10.0 Å². The van der Waals surface area contributed by atoms with Crippen LogP contribution in [-0.2, 0) is 19.2 Å². The number of hydrogen-bond acceptors (Lipinski definition) is 4. The van der Waals surface area contributed by atoms with Gasteiger partial charge in [-0.15, -0.1) is 0 Å². The Morgan fingerprint density at radius 2 is 1.39 bits per heavy atom. The van der Waals surface area contributed by atoms with Gasteiger partial charge in [-0.25, -0.2) is 5.01 Å². The maximum Gasteiger partial charge on any atom is 0.303 e. The van der Waals surface area contributed by atoms with E-state index in [0.29, 0.717) is 12.8 Å². The number of nitrogens with zero attached hydrogens (tertiary/aromatic N) is 2. The number of hydrogen-bond donors (Lipinski definition) is 1. The van der Waals surface area contributed by atoms with Crippen LogP contribution in [0.15, 0.2) is 0 Å². The molecule has 0 aliphatic heterocycles. The summed E-state index contributed by atoms with van der Waals surface area (Å²) in [5.74, 6) is -2.39. The second-order valence-corrected chi connectivity index (χ2v) is 3.87. The monoisotopic (exact) mass is 258 g/mol. The first-order chi connectivity index (χ1) is 8.27. The first-order valence-electron chi connectivity index (χ1n) is 5.57. The number of imide groups is 1. The molecular formula is C11H18N2O5. The molecule has 18 heavy (non-hydrogen) atoms. The molecule has 0 aromatic carbocycles. The molecule has 0 aromatic heterocycles. The van der Waals surface area contributed by atoms with Gasteiger partial charge in [-0.1, -0.05) is 0 Å². The van der Waals surface area contributed by atoms with Crippen molar-refractivity contribution in [2.24, 2.45) is 0 Å². The molecule has 0 saturated carbocycles. The van der Waals surface area contributed by atoms with Crippen LogP contribution >= 0.6 is 0 Å². The molecule has 0 spiro atoms. The summed E-state index contributed by atoms with van der Waals surface area (Å²) in [5, 5.41) is 10.1. The Morgan fingerprint density at radius 3 is 1.78 bits per heavy atom. The summed E-state index contributed by atoms with van der Waals surface area (Å²) in [5.41, 5.74) is 0. The van der Waals surface area contributed by atoms with E-state index in [4.69, 9.17) is 5.11 Å². The van der Waals surface area contributed by atoms with Crippen molar-refractivity contribution < 1.29 is 24.3 Å². The second-order valence-electron chi connectivity index (χ2n) is 3.87. The molecule has 0 heterocycles. The van der Waals surface area contributed by atoms with Gasteiger partial charge in [0.25, 0.3) is 0 Å². The van der Waals surface area contributed by atoms with Gasteiger partial charge in [-0.3, -0.25) is 19.2 Å². The predicted octanol–water partition coefficient (Wildman–Crippen LogP) is 0.400. The highest BCUT2D eigenvalue weighted by atomic mass is 16.4. The maximum atomic E-state index is 11.7. The zero-order valence-corrected chi connectivity index (χ0v) is 10.8. The van der Waals surface area contributed by atoms with E-state index < -0.39 is 23.7 Å². The van der Waals surface area contributed by atoms with Crippen molar-refractivity contribution in [2.45, 2.75) is 39.5 Å². The summed E-state index contributed by atoms with van der Waals surface area (Å²) in [4.78, 5) is 44.3. The van der Waals surface area contributed by atoms with E-state index in [2.05, 4.69) is 0 Å². The lowest BCUT2D eigenvalue weighted by Gasteiger charge is -2.27. The summed E-state index contributed by atoms with van der Waals surface area (Å²) in [6, 6.07) is 0. The van der Waals surface area contributed by atoms with E-state index in [1.807, 2.05) is 0 Å². The van der Waals surface area contributed by atoms with Crippen LogP contribution in [0.3, 0.4) is 0 Å². The molecule has 0 atom stereocenters. The van der Waals surface area contributed by atoms with Crippen LogP contribution < -0.4 is 0 Å². The molecule has 102 valence electrons. The van der Waals surface area contributed by atoms with Gasteiger partial charge in [-0.05, 0) is 12.8 Å². The summed E-state index contributed by atoms with van der Waals surface area (Å²) in [7, 11) is 1.34. The molecule has 7 nitrogen and oxygen atoms in total. The van der Waals surface area contributed by atoms with Crippen molar-refractivity contribution in [3.05, 3.63) is 0 Å². The quantitative estimate of drug-likeness (QED) is 0.569. The predicted molar refractivity (Wildman–Crippen MR) is 62.1 cm³/mol. The number of carboxylic acids is 1. The lowest BCUT2D eigenvalue weighted by atomic mass is 10.2. The van der Waals surface area contributed by atoms with Crippen LogP contribution in [0.1, 0.15) is 39.5 Å². The fraction of sp³-hybridized carbons (Fsp3) is 0.636. The van der Waals surface area contributed by atoms with E-state index in [-0.39, 0.29) is 12.8 Å². The number of carbonyl (C=O) groups excluding carboxylic acids is 3. The molecule has 0 saturated heterocycles. The largest absolute Gasteiger partial charge is 0.481 e. The van der Waals surface area contributed by atoms with Crippen LogP contribution in [0.2, 0.25) is 0 Å². The summed E-state index contributed by atoms with van der Waals surface area (Å²) in [6.07, 6.45) is 0.884. The zero-order chi connectivity index (χ0) is 14.3. The Labute approximate surface area is 105 Å². The average molecular weight is 258 g/mol. The third kappa shape index (κ3) is 5.42. The average Bonchev–Trinajstić information content (AvgIpc) is 2.22. The number of aliphatic carboxylic acids is 1. The highest BCUT2D eigenvalue weighted by molar-refractivity contribution is 5.95. The third-order valence-electron chi connectivity index (χ3n) is 2.29. The molecule has 0 radical (unpaired) electrons. The molecule has 1 N–H and O–H groups in total. The van der Waals surface area contributed by atoms with Gasteiger partial charge >= 0.3 is 5.97 Å². The molecular weight excluding hydrogens is 240 g/mol. The first kappa shape index (κ1) is 16.1. The number of hydrazine groups is 1. The van der Waals surface area contributed by atoms with Gasteiger partial charge in [0.2, 0.25) is 17.7 Å². The van der Waals surface area contributed by atoms with Gasteiger partial charge < -0.3 is 5.11 Å². The van der Waals surface area contributed by atoms with Crippen LogP contribution in [0.25, 0.3) is 0 Å². The van der Waals surface area contributed by atoms with E-state index in [9.17, 15) is 19.2 Å². The Bertz CT molecular complexity index is 339. The molecule has 0 fully saturated rings. The van der Waals surface area contributed by atoms with Gasteiger partial charge in [0, 0.05) is 33.7 Å². The molecule has 0 bridgehead atoms. The smallest absolute Gasteiger partial charge is 0.303 e. The van der Waals surface area contributed by atoms with Gasteiger partial charge in [-0.2, -0.15) is 5.01 Å². The molecule has 0 aromatic rings. The van der Waals surface area contributed by atoms with Crippen LogP contribution in [-0.4, -0.2) is 45.9 Å². The Morgan fingerprint density at radius 1 is 0.944 bits per heavy atom. The molecule has 3 amide bonds.